The number of aliphatic carboxylic acids is 1. The van der Waals surface area contributed by atoms with Gasteiger partial charge in [0.1, 0.15) is 11.6 Å². The highest BCUT2D eigenvalue weighted by Gasteiger charge is 2.17. The molecule has 3 rings (SSSR count). The van der Waals surface area contributed by atoms with Crippen LogP contribution < -0.4 is 9.47 Å². The van der Waals surface area contributed by atoms with Crippen LogP contribution in [0.2, 0.25) is 0 Å². The number of carbonyl (C=O) groups is 1. The van der Waals surface area contributed by atoms with Gasteiger partial charge in [-0.3, -0.25) is 4.79 Å². The van der Waals surface area contributed by atoms with Crippen molar-refractivity contribution in [1.82, 2.24) is 25.4 Å². The Kier molecular flexibility index (Phi) is 6.72. The van der Waals surface area contributed by atoms with E-state index in [0.29, 0.717) is 10.2 Å². The first-order valence-electron chi connectivity index (χ1n) is 8.22. The summed E-state index contributed by atoms with van der Waals surface area (Å²) >= 11 is 3.26. The molecule has 1 aromatic carbocycles. The van der Waals surface area contributed by atoms with Gasteiger partial charge in [0.05, 0.1) is 36.3 Å². The molecule has 0 radical (unpaired) electrons. The number of tetrazole rings is 1. The van der Waals surface area contributed by atoms with Crippen LogP contribution in [0.4, 0.5) is 4.39 Å². The number of ether oxygens (including phenoxy) is 2. The Bertz CT molecular complexity index is 980. The summed E-state index contributed by atoms with van der Waals surface area (Å²) in [6.45, 7) is -0.546. The van der Waals surface area contributed by atoms with E-state index >= 15 is 0 Å². The zero-order chi connectivity index (χ0) is 20.8. The second-order valence-corrected chi connectivity index (χ2v) is 6.67. The highest BCUT2D eigenvalue weighted by molar-refractivity contribution is 9.10. The first-order valence-corrected chi connectivity index (χ1v) is 9.02. The summed E-state index contributed by atoms with van der Waals surface area (Å²) in [5.74, 6) is -1.37. The van der Waals surface area contributed by atoms with E-state index in [9.17, 15) is 14.3 Å². The van der Waals surface area contributed by atoms with Crippen molar-refractivity contribution in [2.45, 2.75) is 6.54 Å². The fraction of sp³-hybridized carbons (Fsp3) is 0.312. The van der Waals surface area contributed by atoms with Gasteiger partial charge < -0.3 is 24.2 Å². The van der Waals surface area contributed by atoms with Crippen LogP contribution in [0, 0.1) is 11.7 Å². The van der Waals surface area contributed by atoms with Crippen molar-refractivity contribution in [3.8, 4) is 23.2 Å². The van der Waals surface area contributed by atoms with Gasteiger partial charge in [0.25, 0.3) is 5.88 Å². The van der Waals surface area contributed by atoms with Crippen LogP contribution in [0.5, 0.6) is 11.6 Å². The van der Waals surface area contributed by atoms with E-state index in [1.54, 1.807) is 0 Å². The molecule has 2 N–H and O–H groups in total. The van der Waals surface area contributed by atoms with Crippen LogP contribution in [0.1, 0.15) is 0 Å². The Morgan fingerprint density at radius 1 is 1.31 bits per heavy atom. The minimum atomic E-state index is -1.11. The highest BCUT2D eigenvalue weighted by Crippen LogP contribution is 2.26. The number of aliphatic hydroxyl groups excluding tert-OH is 1. The van der Waals surface area contributed by atoms with Crippen molar-refractivity contribution in [3.63, 3.8) is 0 Å². The van der Waals surface area contributed by atoms with Crippen molar-refractivity contribution in [2.75, 3.05) is 19.8 Å². The number of aromatic nitrogens is 5. The monoisotopic (exact) mass is 471 g/mol. The number of hydrogen-bond donors (Lipinski definition) is 2. The van der Waals surface area contributed by atoms with Gasteiger partial charge in [0.15, 0.2) is 6.54 Å². The Morgan fingerprint density at radius 2 is 2.10 bits per heavy atom. The summed E-state index contributed by atoms with van der Waals surface area (Å²) in [6.07, 6.45) is 0. The average molecular weight is 472 g/mol. The van der Waals surface area contributed by atoms with Gasteiger partial charge in [-0.15, -0.1) is 10.2 Å². The number of benzene rings is 1. The molecular formula is C16H15BrFN5O6. The number of aliphatic hydroxyl groups is 1. The van der Waals surface area contributed by atoms with Crippen molar-refractivity contribution in [2.24, 2.45) is 5.92 Å². The molecule has 0 spiro atoms. The van der Waals surface area contributed by atoms with Crippen molar-refractivity contribution >= 4 is 21.9 Å². The second kappa shape index (κ2) is 9.43. The lowest BCUT2D eigenvalue weighted by molar-refractivity contribution is -0.138. The summed E-state index contributed by atoms with van der Waals surface area (Å²) in [6, 6.07) is 5.45. The lowest BCUT2D eigenvalue weighted by atomic mass is 10.2. The molecule has 1 unspecified atom stereocenters. The van der Waals surface area contributed by atoms with Crippen LogP contribution in [0.15, 0.2) is 33.3 Å². The molecule has 0 aliphatic rings. The number of rotatable bonds is 10. The zero-order valence-corrected chi connectivity index (χ0v) is 16.3. The SMILES string of the molecule is O=C(O)Cn1nnc(-c2cc(OCC(CO)COc3cc(F)ccc3Br)no2)n1. The smallest absolute Gasteiger partial charge is 0.327 e. The standard InChI is InChI=1S/C16H15BrFN5O6/c17-11-2-1-10(18)3-12(11)27-7-9(6-24)8-28-14-4-13(29-21-14)16-19-22-23(20-16)5-15(25)26/h1-4,9,24H,5-8H2,(H,25,26). The van der Waals surface area contributed by atoms with E-state index in [1.807, 2.05) is 0 Å². The molecule has 154 valence electrons. The molecule has 2 aromatic heterocycles. The molecule has 0 amide bonds. The van der Waals surface area contributed by atoms with E-state index < -0.39 is 24.2 Å². The summed E-state index contributed by atoms with van der Waals surface area (Å²) in [4.78, 5) is 11.5. The molecule has 3 aromatic rings. The Hall–Kier alpha value is -3.06. The first kappa shape index (κ1) is 20.7. The van der Waals surface area contributed by atoms with E-state index in [-0.39, 0.29) is 37.3 Å². The lowest BCUT2D eigenvalue weighted by Crippen LogP contribution is -2.23. The van der Waals surface area contributed by atoms with Gasteiger partial charge in [-0.25, -0.2) is 4.39 Å². The minimum Gasteiger partial charge on any atom is -0.492 e. The van der Waals surface area contributed by atoms with E-state index in [0.717, 1.165) is 4.80 Å². The molecule has 0 fully saturated rings. The van der Waals surface area contributed by atoms with Crippen LogP contribution in [-0.4, -0.2) is 61.4 Å². The van der Waals surface area contributed by atoms with Crippen molar-refractivity contribution in [3.05, 3.63) is 34.6 Å². The average Bonchev–Trinajstić information content (AvgIpc) is 3.33. The topological polar surface area (TPSA) is 146 Å². The molecule has 1 atom stereocenters. The third kappa shape index (κ3) is 5.71. The predicted molar refractivity (Wildman–Crippen MR) is 96.6 cm³/mol. The van der Waals surface area contributed by atoms with Crippen molar-refractivity contribution < 1.29 is 33.4 Å². The fourth-order valence-corrected chi connectivity index (χ4v) is 2.48. The minimum absolute atomic E-state index is 0.0478. The van der Waals surface area contributed by atoms with Gasteiger partial charge in [-0.05, 0) is 38.4 Å². The van der Waals surface area contributed by atoms with Gasteiger partial charge in [-0.1, -0.05) is 0 Å². The molecule has 13 heteroatoms. The van der Waals surface area contributed by atoms with Gasteiger partial charge in [0, 0.05) is 6.07 Å². The van der Waals surface area contributed by atoms with Crippen molar-refractivity contribution in [1.29, 1.82) is 0 Å². The van der Waals surface area contributed by atoms with E-state index in [1.165, 1.54) is 24.3 Å². The molecule has 2 heterocycles. The van der Waals surface area contributed by atoms with Crippen LogP contribution >= 0.6 is 15.9 Å². The molecule has 29 heavy (non-hydrogen) atoms. The molecule has 0 bridgehead atoms. The molecule has 11 nitrogen and oxygen atoms in total. The van der Waals surface area contributed by atoms with Gasteiger partial charge in [0.2, 0.25) is 11.6 Å². The Balaban J connectivity index is 1.54. The summed E-state index contributed by atoms with van der Waals surface area (Å²) in [5.41, 5.74) is 0. The number of carboxylic acids is 1. The zero-order valence-electron chi connectivity index (χ0n) is 14.7. The number of hydrogen-bond acceptors (Lipinski definition) is 9. The summed E-state index contributed by atoms with van der Waals surface area (Å²) in [5, 5.41) is 33.0. The number of carboxylic acid groups (broad SMARTS) is 1. The maximum absolute atomic E-state index is 13.3. The van der Waals surface area contributed by atoms with Crippen LogP contribution in [0.25, 0.3) is 11.6 Å². The molecule has 0 aliphatic carbocycles. The largest absolute Gasteiger partial charge is 0.492 e. The van der Waals surface area contributed by atoms with Crippen LogP contribution in [0.3, 0.4) is 0 Å². The Labute approximate surface area is 171 Å². The summed E-state index contributed by atoms with van der Waals surface area (Å²) < 4.78 is 29.9. The first-order chi connectivity index (χ1) is 13.9. The fourth-order valence-electron chi connectivity index (χ4n) is 2.11. The molecule has 0 saturated heterocycles. The number of nitrogens with zero attached hydrogens (tertiary/aromatic N) is 5. The van der Waals surface area contributed by atoms with E-state index in [4.69, 9.17) is 19.1 Å². The van der Waals surface area contributed by atoms with E-state index in [2.05, 4.69) is 36.5 Å². The number of halogens is 2. The third-order valence-electron chi connectivity index (χ3n) is 3.53. The molecule has 0 aliphatic heterocycles. The quantitative estimate of drug-likeness (QED) is 0.444. The van der Waals surface area contributed by atoms with Crippen LogP contribution in [-0.2, 0) is 11.3 Å². The predicted octanol–water partition coefficient (Wildman–Crippen LogP) is 1.38. The maximum Gasteiger partial charge on any atom is 0.327 e. The lowest BCUT2D eigenvalue weighted by Gasteiger charge is -2.15. The van der Waals surface area contributed by atoms with Gasteiger partial charge in [-0.2, -0.15) is 4.80 Å². The normalized spacial score (nSPS) is 12.0. The molecular weight excluding hydrogens is 457 g/mol. The third-order valence-corrected chi connectivity index (χ3v) is 4.19. The molecule has 0 saturated carbocycles. The van der Waals surface area contributed by atoms with Gasteiger partial charge >= 0.3 is 5.97 Å². The second-order valence-electron chi connectivity index (χ2n) is 5.81. The maximum atomic E-state index is 13.3. The summed E-state index contributed by atoms with van der Waals surface area (Å²) in [7, 11) is 0. The highest BCUT2D eigenvalue weighted by atomic mass is 79.9. The Morgan fingerprint density at radius 3 is 2.86 bits per heavy atom.